The Hall–Kier alpha value is -2.95. The van der Waals surface area contributed by atoms with Crippen LogP contribution in [0.1, 0.15) is 10.4 Å². The number of aromatic nitrogens is 4. The molecule has 0 saturated heterocycles. The molecule has 30 heavy (non-hydrogen) atoms. The van der Waals surface area contributed by atoms with Crippen molar-refractivity contribution in [3.05, 3.63) is 64.2 Å². The van der Waals surface area contributed by atoms with Gasteiger partial charge in [-0.3, -0.25) is 9.89 Å². The number of benzene rings is 2. The molecule has 0 spiro atoms. The van der Waals surface area contributed by atoms with E-state index in [1.54, 1.807) is 35.3 Å². The predicted octanol–water partition coefficient (Wildman–Crippen LogP) is 3.55. The number of H-pyrrole nitrogens is 1. The molecule has 2 N–H and O–H groups in total. The molecule has 0 bridgehead atoms. The van der Waals surface area contributed by atoms with Crippen LogP contribution >= 0.6 is 23.2 Å². The van der Waals surface area contributed by atoms with Gasteiger partial charge in [-0.1, -0.05) is 23.2 Å². The van der Waals surface area contributed by atoms with Crippen molar-refractivity contribution in [1.82, 2.24) is 24.7 Å². The Balaban J connectivity index is 1.96. The number of fused-ring (bicyclic) bond motifs is 1. The SMILES string of the molecule is CS(=O)(=O)NC(=O)c1cc(Cl)cc(-n2nc(-c3cn[nH]c3)c3cc(Cl)ccc32)c1F. The first-order valence-electron chi connectivity index (χ1n) is 8.33. The van der Waals surface area contributed by atoms with Gasteiger partial charge < -0.3 is 0 Å². The summed E-state index contributed by atoms with van der Waals surface area (Å²) in [5.41, 5.74) is 0.932. The standard InChI is InChI=1S/C18H12Cl2FN5O3S/c1-30(28,29)25-18(27)13-5-11(20)6-15(16(13)21)26-14-3-2-10(19)4-12(14)17(24-26)9-7-22-23-8-9/h2-8H,1H3,(H,22,23)(H,25,27). The number of rotatable bonds is 4. The highest BCUT2D eigenvalue weighted by Crippen LogP contribution is 2.33. The molecule has 0 saturated carbocycles. The summed E-state index contributed by atoms with van der Waals surface area (Å²) in [6, 6.07) is 7.25. The molecule has 4 aromatic rings. The Morgan fingerprint density at radius 2 is 1.97 bits per heavy atom. The Labute approximate surface area is 179 Å². The summed E-state index contributed by atoms with van der Waals surface area (Å²) in [4.78, 5) is 12.3. The van der Waals surface area contributed by atoms with Crippen LogP contribution in [0.25, 0.3) is 27.8 Å². The van der Waals surface area contributed by atoms with E-state index in [-0.39, 0.29) is 10.7 Å². The van der Waals surface area contributed by atoms with Crippen molar-refractivity contribution in [2.45, 2.75) is 0 Å². The highest BCUT2D eigenvalue weighted by Gasteiger charge is 2.23. The van der Waals surface area contributed by atoms with Gasteiger partial charge in [0.25, 0.3) is 5.91 Å². The molecule has 154 valence electrons. The minimum absolute atomic E-state index is 0.0209. The molecular formula is C18H12Cl2FN5O3S. The summed E-state index contributed by atoms with van der Waals surface area (Å²) in [5, 5.41) is 12.1. The third-order valence-corrected chi connectivity index (χ3v) is 5.19. The van der Waals surface area contributed by atoms with Crippen LogP contribution in [0.4, 0.5) is 4.39 Å². The largest absolute Gasteiger partial charge is 0.285 e. The van der Waals surface area contributed by atoms with E-state index in [0.717, 1.165) is 12.3 Å². The molecule has 0 unspecified atom stereocenters. The zero-order valence-corrected chi connectivity index (χ0v) is 17.5. The summed E-state index contributed by atoms with van der Waals surface area (Å²) in [7, 11) is -3.90. The third kappa shape index (κ3) is 3.76. The lowest BCUT2D eigenvalue weighted by molar-refractivity contribution is 0.0977. The number of hydrogen-bond donors (Lipinski definition) is 2. The fourth-order valence-electron chi connectivity index (χ4n) is 2.99. The number of aromatic amines is 1. The zero-order valence-electron chi connectivity index (χ0n) is 15.1. The van der Waals surface area contributed by atoms with Crippen molar-refractivity contribution < 1.29 is 17.6 Å². The number of hydrogen-bond acceptors (Lipinski definition) is 5. The number of nitrogens with zero attached hydrogens (tertiary/aromatic N) is 3. The minimum Gasteiger partial charge on any atom is -0.285 e. The molecule has 0 aliphatic rings. The highest BCUT2D eigenvalue weighted by molar-refractivity contribution is 7.89. The molecule has 0 radical (unpaired) electrons. The van der Waals surface area contributed by atoms with E-state index >= 15 is 4.39 Å². The lowest BCUT2D eigenvalue weighted by Crippen LogP contribution is -2.30. The number of nitrogens with one attached hydrogen (secondary N) is 2. The maximum atomic E-state index is 15.3. The monoisotopic (exact) mass is 467 g/mol. The van der Waals surface area contributed by atoms with Crippen LogP contribution in [0.15, 0.2) is 42.7 Å². The van der Waals surface area contributed by atoms with E-state index in [2.05, 4.69) is 15.3 Å². The van der Waals surface area contributed by atoms with Crippen LogP contribution in [0.5, 0.6) is 0 Å². The van der Waals surface area contributed by atoms with Gasteiger partial charge in [0.2, 0.25) is 10.0 Å². The van der Waals surface area contributed by atoms with Gasteiger partial charge in [0.05, 0.1) is 23.5 Å². The molecule has 2 heterocycles. The van der Waals surface area contributed by atoms with E-state index < -0.39 is 27.3 Å². The molecule has 4 rings (SSSR count). The summed E-state index contributed by atoms with van der Waals surface area (Å²) in [5.74, 6) is -2.13. The highest BCUT2D eigenvalue weighted by atomic mass is 35.5. The van der Waals surface area contributed by atoms with E-state index in [1.807, 2.05) is 0 Å². The average Bonchev–Trinajstić information content (AvgIpc) is 3.29. The van der Waals surface area contributed by atoms with Crippen molar-refractivity contribution >= 4 is 50.0 Å². The van der Waals surface area contributed by atoms with Gasteiger partial charge >= 0.3 is 0 Å². The topological polar surface area (TPSA) is 110 Å². The van der Waals surface area contributed by atoms with Crippen LogP contribution in [0.2, 0.25) is 10.0 Å². The lowest BCUT2D eigenvalue weighted by atomic mass is 10.1. The Kier molecular flexibility index (Phi) is 5.00. The second kappa shape index (κ2) is 7.38. The quantitative estimate of drug-likeness (QED) is 0.476. The molecule has 8 nitrogen and oxygen atoms in total. The molecule has 0 aliphatic carbocycles. The fourth-order valence-corrected chi connectivity index (χ4v) is 3.82. The molecule has 2 aromatic carbocycles. The maximum absolute atomic E-state index is 15.3. The first-order valence-corrected chi connectivity index (χ1v) is 11.0. The first-order chi connectivity index (χ1) is 14.1. The second-order valence-electron chi connectivity index (χ2n) is 6.40. The molecule has 0 fully saturated rings. The first kappa shape index (κ1) is 20.3. The van der Waals surface area contributed by atoms with E-state index in [4.69, 9.17) is 23.2 Å². The smallest absolute Gasteiger partial charge is 0.267 e. The summed E-state index contributed by atoms with van der Waals surface area (Å²) in [6.45, 7) is 0. The Bertz CT molecular complexity index is 1400. The predicted molar refractivity (Wildman–Crippen MR) is 111 cm³/mol. The van der Waals surface area contributed by atoms with Crippen LogP contribution in [0, 0.1) is 5.82 Å². The van der Waals surface area contributed by atoms with E-state index in [1.165, 1.54) is 10.7 Å². The Morgan fingerprint density at radius 1 is 1.20 bits per heavy atom. The zero-order chi connectivity index (χ0) is 21.6. The molecule has 1 amide bonds. The summed E-state index contributed by atoms with van der Waals surface area (Å²) in [6.07, 6.45) is 3.95. The third-order valence-electron chi connectivity index (χ3n) is 4.18. The molecule has 2 aromatic heterocycles. The van der Waals surface area contributed by atoms with Gasteiger partial charge in [-0.05, 0) is 30.3 Å². The van der Waals surface area contributed by atoms with E-state index in [9.17, 15) is 13.2 Å². The normalized spacial score (nSPS) is 11.7. The summed E-state index contributed by atoms with van der Waals surface area (Å²) < 4.78 is 41.1. The van der Waals surface area contributed by atoms with Crippen molar-refractivity contribution in [1.29, 1.82) is 0 Å². The van der Waals surface area contributed by atoms with Crippen molar-refractivity contribution in [3.63, 3.8) is 0 Å². The van der Waals surface area contributed by atoms with Crippen molar-refractivity contribution in [2.75, 3.05) is 6.26 Å². The van der Waals surface area contributed by atoms with Crippen LogP contribution in [0.3, 0.4) is 0 Å². The fraction of sp³-hybridized carbons (Fsp3) is 0.0556. The average molecular weight is 468 g/mol. The van der Waals surface area contributed by atoms with Gasteiger partial charge in [0.15, 0.2) is 5.82 Å². The van der Waals surface area contributed by atoms with Crippen LogP contribution in [-0.4, -0.2) is 40.6 Å². The number of carbonyl (C=O) groups is 1. The number of sulfonamides is 1. The maximum Gasteiger partial charge on any atom is 0.267 e. The van der Waals surface area contributed by atoms with Gasteiger partial charge in [0.1, 0.15) is 11.4 Å². The van der Waals surface area contributed by atoms with Crippen molar-refractivity contribution in [3.8, 4) is 16.9 Å². The van der Waals surface area contributed by atoms with Gasteiger partial charge in [-0.2, -0.15) is 10.2 Å². The molecular weight excluding hydrogens is 456 g/mol. The van der Waals surface area contributed by atoms with Gasteiger partial charge in [0, 0.05) is 27.2 Å². The molecule has 0 aliphatic heterocycles. The van der Waals surface area contributed by atoms with Crippen LogP contribution in [-0.2, 0) is 10.0 Å². The van der Waals surface area contributed by atoms with E-state index in [0.29, 0.717) is 27.2 Å². The number of halogens is 3. The lowest BCUT2D eigenvalue weighted by Gasteiger charge is -2.10. The molecule has 0 atom stereocenters. The minimum atomic E-state index is -3.90. The molecule has 12 heteroatoms. The second-order valence-corrected chi connectivity index (χ2v) is 9.02. The van der Waals surface area contributed by atoms with Crippen molar-refractivity contribution in [2.24, 2.45) is 0 Å². The Morgan fingerprint density at radius 3 is 2.63 bits per heavy atom. The van der Waals surface area contributed by atoms with Gasteiger partial charge in [-0.15, -0.1) is 0 Å². The van der Waals surface area contributed by atoms with Gasteiger partial charge in [-0.25, -0.2) is 22.2 Å². The number of carbonyl (C=O) groups excluding carboxylic acids is 1. The number of amides is 1. The summed E-state index contributed by atoms with van der Waals surface area (Å²) >= 11 is 12.2. The van der Waals surface area contributed by atoms with Crippen LogP contribution < -0.4 is 4.72 Å².